The lowest BCUT2D eigenvalue weighted by Crippen LogP contribution is -2.09. The molecule has 0 saturated carbocycles. The van der Waals surface area contributed by atoms with E-state index in [0.717, 1.165) is 16.7 Å². The predicted molar refractivity (Wildman–Crippen MR) is 86.8 cm³/mol. The van der Waals surface area contributed by atoms with E-state index in [9.17, 15) is 0 Å². The Balaban J connectivity index is 2.09. The summed E-state index contributed by atoms with van der Waals surface area (Å²) < 4.78 is 4.48. The van der Waals surface area contributed by atoms with Gasteiger partial charge >= 0.3 is 0 Å². The molecule has 0 unspecified atom stereocenters. The minimum Gasteiger partial charge on any atom is -0.378 e. The van der Waals surface area contributed by atoms with Gasteiger partial charge in [-0.2, -0.15) is 0 Å². The Kier molecular flexibility index (Phi) is 4.66. The van der Waals surface area contributed by atoms with E-state index < -0.39 is 0 Å². The van der Waals surface area contributed by atoms with Gasteiger partial charge in [-0.15, -0.1) is 0 Å². The second-order valence-electron chi connectivity index (χ2n) is 4.36. The molecule has 0 aliphatic heterocycles. The molecule has 0 spiro atoms. The molecule has 0 aliphatic carbocycles. The van der Waals surface area contributed by atoms with E-state index >= 15 is 0 Å². The highest BCUT2D eigenvalue weighted by molar-refractivity contribution is 14.1. The Hall–Kier alpha value is -0.560. The zero-order valence-electron chi connectivity index (χ0n) is 10.3. The average molecular weight is 420 g/mol. The first-order valence-corrected chi connectivity index (χ1v) is 7.64. The number of nitrogens with one attached hydrogen (secondary N) is 1. The highest BCUT2D eigenvalue weighted by atomic mass is 127. The summed E-state index contributed by atoms with van der Waals surface area (Å²) in [7, 11) is 0. The van der Waals surface area contributed by atoms with E-state index in [1.165, 1.54) is 9.26 Å². The smallest absolute Gasteiger partial charge is 0.0951 e. The molecule has 2 aromatic rings. The Morgan fingerprint density at radius 3 is 2.89 bits per heavy atom. The van der Waals surface area contributed by atoms with Gasteiger partial charge in [0.05, 0.1) is 18.6 Å². The van der Waals surface area contributed by atoms with E-state index in [-0.39, 0.29) is 0 Å². The van der Waals surface area contributed by atoms with Crippen molar-refractivity contribution in [3.05, 3.63) is 44.5 Å². The largest absolute Gasteiger partial charge is 0.378 e. The number of aromatic nitrogens is 2. The molecule has 3 nitrogen and oxygen atoms in total. The summed E-state index contributed by atoms with van der Waals surface area (Å²) >= 11 is 5.87. The summed E-state index contributed by atoms with van der Waals surface area (Å²) in [6.07, 6.45) is 3.79. The lowest BCUT2D eigenvalue weighted by Gasteiger charge is -2.13. The molecular formula is C13H15BrIN3. The van der Waals surface area contributed by atoms with E-state index in [1.54, 1.807) is 0 Å². The standard InChI is InChI=1S/C13H15BrIN3/c1-9(2)18-8-16-6-11(18)7-17-13-4-3-10(15)5-12(13)14/h3-6,8-9,17H,7H2,1-2H3. The summed E-state index contributed by atoms with van der Waals surface area (Å²) in [5.41, 5.74) is 2.29. The molecular weight excluding hydrogens is 405 g/mol. The second-order valence-corrected chi connectivity index (χ2v) is 6.46. The Morgan fingerprint density at radius 1 is 1.44 bits per heavy atom. The monoisotopic (exact) mass is 419 g/mol. The first kappa shape index (κ1) is 13.9. The maximum atomic E-state index is 4.20. The molecule has 0 radical (unpaired) electrons. The van der Waals surface area contributed by atoms with Crippen LogP contribution in [0, 0.1) is 3.57 Å². The van der Waals surface area contributed by atoms with Crippen LogP contribution in [0.5, 0.6) is 0 Å². The predicted octanol–water partition coefficient (Wildman–Crippen LogP) is 4.44. The number of benzene rings is 1. The molecule has 96 valence electrons. The lowest BCUT2D eigenvalue weighted by molar-refractivity contribution is 0.577. The van der Waals surface area contributed by atoms with Gasteiger partial charge in [0.1, 0.15) is 0 Å². The number of hydrogen-bond acceptors (Lipinski definition) is 2. The van der Waals surface area contributed by atoms with E-state index in [1.807, 2.05) is 12.5 Å². The zero-order chi connectivity index (χ0) is 13.1. The molecule has 0 fully saturated rings. The fourth-order valence-corrected chi connectivity index (χ4v) is 3.19. The summed E-state index contributed by atoms with van der Waals surface area (Å²) in [4.78, 5) is 4.20. The molecule has 0 amide bonds. The van der Waals surface area contributed by atoms with E-state index in [4.69, 9.17) is 0 Å². The highest BCUT2D eigenvalue weighted by Gasteiger charge is 2.06. The Morgan fingerprint density at radius 2 is 2.22 bits per heavy atom. The van der Waals surface area contributed by atoms with Gasteiger partial charge in [0, 0.05) is 26.0 Å². The van der Waals surface area contributed by atoms with Crippen LogP contribution in [0.25, 0.3) is 0 Å². The van der Waals surface area contributed by atoms with Crippen LogP contribution in [0.1, 0.15) is 25.6 Å². The fourth-order valence-electron chi connectivity index (χ4n) is 1.75. The van der Waals surface area contributed by atoms with Gasteiger partial charge in [-0.05, 0) is 70.6 Å². The lowest BCUT2D eigenvalue weighted by atomic mass is 10.3. The summed E-state index contributed by atoms with van der Waals surface area (Å²) in [6.45, 7) is 5.09. The van der Waals surface area contributed by atoms with Crippen molar-refractivity contribution in [3.8, 4) is 0 Å². The number of rotatable bonds is 4. The van der Waals surface area contributed by atoms with Gasteiger partial charge in [-0.1, -0.05) is 0 Å². The molecule has 0 aliphatic rings. The van der Waals surface area contributed by atoms with Crippen molar-refractivity contribution in [1.82, 2.24) is 9.55 Å². The van der Waals surface area contributed by atoms with Crippen LogP contribution in [-0.2, 0) is 6.54 Å². The van der Waals surface area contributed by atoms with Gasteiger partial charge in [0.15, 0.2) is 0 Å². The van der Waals surface area contributed by atoms with Crippen molar-refractivity contribution in [2.75, 3.05) is 5.32 Å². The fraction of sp³-hybridized carbons (Fsp3) is 0.308. The van der Waals surface area contributed by atoms with Crippen LogP contribution in [0.2, 0.25) is 0 Å². The van der Waals surface area contributed by atoms with Gasteiger partial charge in [0.2, 0.25) is 0 Å². The average Bonchev–Trinajstić information content (AvgIpc) is 2.76. The van der Waals surface area contributed by atoms with Crippen molar-refractivity contribution in [2.45, 2.75) is 26.4 Å². The SMILES string of the molecule is CC(C)n1cncc1CNc1ccc(I)cc1Br. The summed E-state index contributed by atoms with van der Waals surface area (Å²) in [6, 6.07) is 6.71. The van der Waals surface area contributed by atoms with Crippen molar-refractivity contribution >= 4 is 44.2 Å². The third kappa shape index (κ3) is 3.26. The molecule has 5 heteroatoms. The van der Waals surface area contributed by atoms with Crippen LogP contribution in [0.4, 0.5) is 5.69 Å². The minimum absolute atomic E-state index is 0.435. The molecule has 1 aromatic heterocycles. The maximum absolute atomic E-state index is 4.20. The number of imidazole rings is 1. The maximum Gasteiger partial charge on any atom is 0.0951 e. The second kappa shape index (κ2) is 6.06. The van der Waals surface area contributed by atoms with Gasteiger partial charge in [-0.25, -0.2) is 4.98 Å². The number of halogens is 2. The molecule has 2 rings (SSSR count). The summed E-state index contributed by atoms with van der Waals surface area (Å²) in [5.74, 6) is 0. The van der Waals surface area contributed by atoms with Crippen LogP contribution in [0.3, 0.4) is 0 Å². The van der Waals surface area contributed by atoms with Crippen molar-refractivity contribution in [2.24, 2.45) is 0 Å². The molecule has 0 bridgehead atoms. The van der Waals surface area contributed by atoms with Crippen LogP contribution >= 0.6 is 38.5 Å². The molecule has 1 N–H and O–H groups in total. The van der Waals surface area contributed by atoms with E-state index in [2.05, 4.69) is 85.4 Å². The van der Waals surface area contributed by atoms with Crippen molar-refractivity contribution < 1.29 is 0 Å². The third-order valence-corrected chi connectivity index (χ3v) is 4.02. The van der Waals surface area contributed by atoms with Gasteiger partial charge in [-0.3, -0.25) is 0 Å². The Bertz CT molecular complexity index is 537. The quantitative estimate of drug-likeness (QED) is 0.742. The van der Waals surface area contributed by atoms with Crippen LogP contribution in [-0.4, -0.2) is 9.55 Å². The zero-order valence-corrected chi connectivity index (χ0v) is 14.1. The Labute approximate surface area is 129 Å². The molecule has 18 heavy (non-hydrogen) atoms. The van der Waals surface area contributed by atoms with Gasteiger partial charge in [0.25, 0.3) is 0 Å². The minimum atomic E-state index is 0.435. The van der Waals surface area contributed by atoms with Crippen LogP contribution < -0.4 is 5.32 Å². The molecule has 0 saturated heterocycles. The molecule has 0 atom stereocenters. The van der Waals surface area contributed by atoms with Gasteiger partial charge < -0.3 is 9.88 Å². The highest BCUT2D eigenvalue weighted by Crippen LogP contribution is 2.25. The number of nitrogens with zero attached hydrogens (tertiary/aromatic N) is 2. The third-order valence-electron chi connectivity index (χ3n) is 2.69. The first-order valence-electron chi connectivity index (χ1n) is 5.77. The van der Waals surface area contributed by atoms with Crippen molar-refractivity contribution in [3.63, 3.8) is 0 Å². The van der Waals surface area contributed by atoms with Crippen molar-refractivity contribution in [1.29, 1.82) is 0 Å². The number of hydrogen-bond donors (Lipinski definition) is 1. The van der Waals surface area contributed by atoms with Crippen LogP contribution in [0.15, 0.2) is 35.2 Å². The molecule has 1 aromatic carbocycles. The van der Waals surface area contributed by atoms with E-state index in [0.29, 0.717) is 6.04 Å². The molecule has 1 heterocycles. The number of anilines is 1. The summed E-state index contributed by atoms with van der Waals surface area (Å²) in [5, 5.41) is 3.43. The normalized spacial score (nSPS) is 10.9. The topological polar surface area (TPSA) is 29.9 Å². The first-order chi connectivity index (χ1) is 8.58.